The largest absolute Gasteiger partial charge is 0.319 e. The summed E-state index contributed by atoms with van der Waals surface area (Å²) in [4.78, 5) is 4.67. The van der Waals surface area contributed by atoms with Crippen LogP contribution in [0.5, 0.6) is 0 Å². The van der Waals surface area contributed by atoms with Crippen LogP contribution >= 0.6 is 7.14 Å². The van der Waals surface area contributed by atoms with Gasteiger partial charge >= 0.3 is 0 Å². The first-order chi connectivity index (χ1) is 8.30. The standard InChI is InChI=1S/C15H20NOP/c1-10(2)13-9-7-12-14(16-13)8-6-11(3)15(12)18(4,5)17/h6-10H,1-5H3. The van der Waals surface area contributed by atoms with Crippen LogP contribution in [0.4, 0.5) is 0 Å². The Labute approximate surface area is 109 Å². The lowest BCUT2D eigenvalue weighted by molar-refractivity contribution is 0.588. The molecule has 2 aromatic rings. The molecule has 1 heterocycles. The fourth-order valence-corrected chi connectivity index (χ4v) is 4.04. The lowest BCUT2D eigenvalue weighted by Gasteiger charge is -2.15. The minimum atomic E-state index is -2.28. The summed E-state index contributed by atoms with van der Waals surface area (Å²) in [6.45, 7) is 9.93. The minimum Gasteiger partial charge on any atom is -0.319 e. The summed E-state index contributed by atoms with van der Waals surface area (Å²) in [5.74, 6) is 0.411. The van der Waals surface area contributed by atoms with E-state index in [-0.39, 0.29) is 0 Å². The van der Waals surface area contributed by atoms with Gasteiger partial charge in [0.1, 0.15) is 7.14 Å². The van der Waals surface area contributed by atoms with Gasteiger partial charge in [0.05, 0.1) is 5.52 Å². The van der Waals surface area contributed by atoms with E-state index < -0.39 is 7.14 Å². The molecule has 96 valence electrons. The van der Waals surface area contributed by atoms with Crippen LogP contribution in [0.2, 0.25) is 0 Å². The van der Waals surface area contributed by atoms with E-state index >= 15 is 0 Å². The topological polar surface area (TPSA) is 30.0 Å². The Morgan fingerprint density at radius 3 is 2.33 bits per heavy atom. The number of benzene rings is 1. The lowest BCUT2D eigenvalue weighted by Crippen LogP contribution is -2.10. The molecule has 0 aliphatic heterocycles. The van der Waals surface area contributed by atoms with E-state index in [9.17, 15) is 4.57 Å². The monoisotopic (exact) mass is 261 g/mol. The van der Waals surface area contributed by atoms with Crippen molar-refractivity contribution in [1.29, 1.82) is 0 Å². The van der Waals surface area contributed by atoms with Gasteiger partial charge in [-0.05, 0) is 43.9 Å². The number of hydrogen-bond donors (Lipinski definition) is 0. The number of pyridine rings is 1. The molecular formula is C15H20NOP. The van der Waals surface area contributed by atoms with Crippen LogP contribution in [0.1, 0.15) is 31.0 Å². The number of hydrogen-bond acceptors (Lipinski definition) is 2. The molecule has 0 atom stereocenters. The van der Waals surface area contributed by atoms with E-state index in [1.807, 2.05) is 38.5 Å². The van der Waals surface area contributed by atoms with E-state index in [2.05, 4.69) is 24.9 Å². The molecule has 0 spiro atoms. The average Bonchev–Trinajstić information content (AvgIpc) is 2.26. The zero-order chi connectivity index (χ0) is 13.5. The number of fused-ring (bicyclic) bond motifs is 1. The van der Waals surface area contributed by atoms with Crippen molar-refractivity contribution in [2.75, 3.05) is 13.3 Å². The third-order valence-electron chi connectivity index (χ3n) is 3.20. The van der Waals surface area contributed by atoms with Crippen molar-refractivity contribution in [3.05, 3.63) is 35.5 Å². The maximum Gasteiger partial charge on any atom is 0.110 e. The summed E-state index contributed by atoms with van der Waals surface area (Å²) < 4.78 is 12.4. The van der Waals surface area contributed by atoms with E-state index in [0.29, 0.717) is 5.92 Å². The molecular weight excluding hydrogens is 241 g/mol. The minimum absolute atomic E-state index is 0.411. The zero-order valence-corrected chi connectivity index (χ0v) is 12.6. The van der Waals surface area contributed by atoms with Gasteiger partial charge in [0.15, 0.2) is 0 Å². The van der Waals surface area contributed by atoms with Crippen LogP contribution in [0.25, 0.3) is 10.9 Å². The molecule has 18 heavy (non-hydrogen) atoms. The van der Waals surface area contributed by atoms with Crippen LogP contribution in [-0.2, 0) is 4.57 Å². The third kappa shape index (κ3) is 2.35. The molecule has 0 fully saturated rings. The number of aryl methyl sites for hydroxylation is 1. The molecule has 3 heteroatoms. The molecule has 0 N–H and O–H groups in total. The second kappa shape index (κ2) is 4.51. The van der Waals surface area contributed by atoms with Gasteiger partial charge in [0.25, 0.3) is 0 Å². The molecule has 2 nitrogen and oxygen atoms in total. The van der Waals surface area contributed by atoms with Crippen LogP contribution in [0, 0.1) is 6.92 Å². The summed E-state index contributed by atoms with van der Waals surface area (Å²) in [6.07, 6.45) is 0. The summed E-state index contributed by atoms with van der Waals surface area (Å²) in [7, 11) is -2.28. The molecule has 1 aromatic heterocycles. The van der Waals surface area contributed by atoms with Crippen molar-refractivity contribution in [1.82, 2.24) is 4.98 Å². The lowest BCUT2D eigenvalue weighted by atomic mass is 10.1. The van der Waals surface area contributed by atoms with Crippen LogP contribution in [0.3, 0.4) is 0 Å². The molecule has 1 aromatic carbocycles. The summed E-state index contributed by atoms with van der Waals surface area (Å²) in [5, 5.41) is 2.01. The Morgan fingerprint density at radius 2 is 1.78 bits per heavy atom. The Morgan fingerprint density at radius 1 is 1.11 bits per heavy atom. The molecule has 0 unspecified atom stereocenters. The molecule has 0 radical (unpaired) electrons. The molecule has 0 aliphatic carbocycles. The van der Waals surface area contributed by atoms with Gasteiger partial charge in [-0.15, -0.1) is 0 Å². The van der Waals surface area contributed by atoms with Crippen LogP contribution < -0.4 is 5.30 Å². The van der Waals surface area contributed by atoms with E-state index in [4.69, 9.17) is 0 Å². The van der Waals surface area contributed by atoms with Gasteiger partial charge < -0.3 is 4.57 Å². The maximum absolute atomic E-state index is 12.4. The van der Waals surface area contributed by atoms with Crippen LogP contribution in [-0.4, -0.2) is 18.3 Å². The SMILES string of the molecule is Cc1ccc2nc(C(C)C)ccc2c1P(C)(C)=O. The Kier molecular flexibility index (Phi) is 3.33. The summed E-state index contributed by atoms with van der Waals surface area (Å²) in [6, 6.07) is 8.16. The summed E-state index contributed by atoms with van der Waals surface area (Å²) >= 11 is 0. The van der Waals surface area contributed by atoms with E-state index in [0.717, 1.165) is 27.5 Å². The third-order valence-corrected chi connectivity index (χ3v) is 4.87. The first-order valence-electron chi connectivity index (χ1n) is 6.26. The van der Waals surface area contributed by atoms with Gasteiger partial charge in [-0.1, -0.05) is 26.0 Å². The number of rotatable bonds is 2. The first-order valence-corrected chi connectivity index (χ1v) is 8.86. The number of nitrogens with zero attached hydrogens (tertiary/aromatic N) is 1. The predicted octanol–water partition coefficient (Wildman–Crippen LogP) is 3.91. The van der Waals surface area contributed by atoms with E-state index in [1.165, 1.54) is 0 Å². The summed E-state index contributed by atoms with van der Waals surface area (Å²) in [5.41, 5.74) is 3.12. The second-order valence-corrected chi connectivity index (χ2v) is 8.69. The van der Waals surface area contributed by atoms with Gasteiger partial charge in [-0.25, -0.2) is 0 Å². The quantitative estimate of drug-likeness (QED) is 0.767. The molecule has 2 rings (SSSR count). The molecule has 0 amide bonds. The van der Waals surface area contributed by atoms with Crippen molar-refractivity contribution in [3.63, 3.8) is 0 Å². The molecule has 0 saturated carbocycles. The average molecular weight is 261 g/mol. The normalized spacial score (nSPS) is 12.3. The van der Waals surface area contributed by atoms with E-state index in [1.54, 1.807) is 0 Å². The molecule has 0 bridgehead atoms. The highest BCUT2D eigenvalue weighted by molar-refractivity contribution is 7.70. The highest BCUT2D eigenvalue weighted by Crippen LogP contribution is 2.39. The van der Waals surface area contributed by atoms with Crippen molar-refractivity contribution < 1.29 is 4.57 Å². The first kappa shape index (κ1) is 13.3. The van der Waals surface area contributed by atoms with Crippen LogP contribution in [0.15, 0.2) is 24.3 Å². The second-order valence-electron chi connectivity index (χ2n) is 5.54. The van der Waals surface area contributed by atoms with Crippen molar-refractivity contribution in [3.8, 4) is 0 Å². The fraction of sp³-hybridized carbons (Fsp3) is 0.400. The van der Waals surface area contributed by atoms with Gasteiger partial charge in [0.2, 0.25) is 0 Å². The Balaban J connectivity index is 2.80. The predicted molar refractivity (Wildman–Crippen MR) is 79.7 cm³/mol. The molecule has 0 saturated heterocycles. The number of aromatic nitrogens is 1. The Hall–Kier alpha value is -1.14. The fourth-order valence-electron chi connectivity index (χ4n) is 2.35. The highest BCUT2D eigenvalue weighted by atomic mass is 31.2. The smallest absolute Gasteiger partial charge is 0.110 e. The van der Waals surface area contributed by atoms with Gasteiger partial charge in [-0.2, -0.15) is 0 Å². The van der Waals surface area contributed by atoms with Crippen molar-refractivity contribution in [2.24, 2.45) is 0 Å². The highest BCUT2D eigenvalue weighted by Gasteiger charge is 2.18. The zero-order valence-electron chi connectivity index (χ0n) is 11.7. The molecule has 0 aliphatic rings. The van der Waals surface area contributed by atoms with Crippen molar-refractivity contribution in [2.45, 2.75) is 26.7 Å². The van der Waals surface area contributed by atoms with Crippen molar-refractivity contribution >= 4 is 23.3 Å². The van der Waals surface area contributed by atoms with Gasteiger partial charge in [0, 0.05) is 16.4 Å². The van der Waals surface area contributed by atoms with Gasteiger partial charge in [-0.3, -0.25) is 4.98 Å². The maximum atomic E-state index is 12.4. The Bertz CT molecular complexity index is 640.